The van der Waals surface area contributed by atoms with Crippen molar-refractivity contribution in [3.8, 4) is 0 Å². The van der Waals surface area contributed by atoms with Gasteiger partial charge in [-0.1, -0.05) is 85.7 Å². The van der Waals surface area contributed by atoms with Gasteiger partial charge < -0.3 is 30.1 Å². The molecule has 6 unspecified atom stereocenters. The van der Waals surface area contributed by atoms with Crippen LogP contribution in [0.2, 0.25) is 0 Å². The molecule has 0 spiro atoms. The second-order valence-corrected chi connectivity index (χ2v) is 17.3. The number of nitrogens with one attached hydrogen (secondary N) is 2. The molecule has 5 amide bonds. The van der Waals surface area contributed by atoms with Crippen molar-refractivity contribution in [3.63, 3.8) is 0 Å². The summed E-state index contributed by atoms with van der Waals surface area (Å²) in [6.45, 7) is 16.4. The number of carbonyl (C=O) groups excluding carboxylic acids is 6. The maximum Gasteiger partial charge on any atom is 0.329 e. The summed E-state index contributed by atoms with van der Waals surface area (Å²) >= 11 is 0. The first-order chi connectivity index (χ1) is 26.4. The molecule has 2 saturated heterocycles. The number of ether oxygens (including phenoxy) is 1. The lowest BCUT2D eigenvalue weighted by atomic mass is 9.96. The molecule has 2 heterocycles. The van der Waals surface area contributed by atoms with Gasteiger partial charge in [-0.2, -0.15) is 0 Å². The molecular formula is C43H70N6O7. The summed E-state index contributed by atoms with van der Waals surface area (Å²) in [5.74, 6) is -2.62. The summed E-state index contributed by atoms with van der Waals surface area (Å²) in [6, 6.07) is 6.31. The normalized spacial score (nSPS) is 19.4. The number of hydrogen-bond acceptors (Lipinski definition) is 8. The zero-order valence-electron chi connectivity index (χ0n) is 35.9. The Kier molecular flexibility index (Phi) is 17.8. The van der Waals surface area contributed by atoms with Gasteiger partial charge in [0.1, 0.15) is 30.3 Å². The van der Waals surface area contributed by atoms with Crippen LogP contribution >= 0.6 is 0 Å². The van der Waals surface area contributed by atoms with Gasteiger partial charge in [0.25, 0.3) is 0 Å². The number of esters is 1. The van der Waals surface area contributed by atoms with E-state index in [4.69, 9.17) is 4.74 Å². The molecule has 2 fully saturated rings. The summed E-state index contributed by atoms with van der Waals surface area (Å²) < 4.78 is 5.95. The molecule has 314 valence electrons. The van der Waals surface area contributed by atoms with E-state index in [1.165, 1.54) is 10.5 Å². The number of likely N-dealkylation sites (N-methyl/N-ethyl adjacent to an activating group) is 2. The number of amides is 5. The number of nitrogens with zero attached hydrogens (tertiary/aromatic N) is 4. The van der Waals surface area contributed by atoms with Crippen molar-refractivity contribution in [2.24, 2.45) is 23.7 Å². The minimum atomic E-state index is -0.876. The molecule has 0 saturated carbocycles. The zero-order chi connectivity index (χ0) is 41.9. The van der Waals surface area contributed by atoms with E-state index in [9.17, 15) is 28.8 Å². The largest absolute Gasteiger partial charge is 0.460 e. The Morgan fingerprint density at radius 1 is 0.768 bits per heavy atom. The summed E-state index contributed by atoms with van der Waals surface area (Å²) in [6.07, 6.45) is 3.10. The molecule has 0 aromatic heterocycles. The molecule has 0 bridgehead atoms. The van der Waals surface area contributed by atoms with Gasteiger partial charge in [0.05, 0.1) is 12.5 Å². The first-order valence-corrected chi connectivity index (χ1v) is 20.7. The van der Waals surface area contributed by atoms with Crippen molar-refractivity contribution < 1.29 is 33.5 Å². The third kappa shape index (κ3) is 12.2. The van der Waals surface area contributed by atoms with Crippen molar-refractivity contribution in [2.45, 2.75) is 137 Å². The van der Waals surface area contributed by atoms with Crippen LogP contribution in [0.1, 0.15) is 99.5 Å². The van der Waals surface area contributed by atoms with Crippen LogP contribution in [-0.4, -0.2) is 132 Å². The minimum absolute atomic E-state index is 0.0148. The molecule has 2 N–H and O–H groups in total. The van der Waals surface area contributed by atoms with Crippen LogP contribution in [0, 0.1) is 23.7 Å². The summed E-state index contributed by atoms with van der Waals surface area (Å²) in [5.41, 5.74) is 1.20. The molecule has 1 aromatic carbocycles. The Hall–Kier alpha value is -4.00. The van der Waals surface area contributed by atoms with Crippen molar-refractivity contribution >= 4 is 35.5 Å². The molecule has 13 heteroatoms. The third-order valence-electron chi connectivity index (χ3n) is 11.2. The van der Waals surface area contributed by atoms with Gasteiger partial charge in [-0.25, -0.2) is 4.79 Å². The van der Waals surface area contributed by atoms with E-state index in [-0.39, 0.29) is 59.6 Å². The average Bonchev–Trinajstić information content (AvgIpc) is 3.82. The van der Waals surface area contributed by atoms with Crippen molar-refractivity contribution in [1.29, 1.82) is 0 Å². The Bertz CT molecular complexity index is 1470. The highest BCUT2D eigenvalue weighted by molar-refractivity contribution is 5.96. The van der Waals surface area contributed by atoms with Gasteiger partial charge in [0.15, 0.2) is 0 Å². The van der Waals surface area contributed by atoms with E-state index < -0.39 is 42.3 Å². The topological polar surface area (TPSA) is 149 Å². The van der Waals surface area contributed by atoms with Gasteiger partial charge >= 0.3 is 5.97 Å². The predicted molar refractivity (Wildman–Crippen MR) is 217 cm³/mol. The van der Waals surface area contributed by atoms with Crippen molar-refractivity contribution in [3.05, 3.63) is 35.9 Å². The molecule has 56 heavy (non-hydrogen) atoms. The van der Waals surface area contributed by atoms with Gasteiger partial charge in [0.2, 0.25) is 29.5 Å². The van der Waals surface area contributed by atoms with Crippen LogP contribution < -0.4 is 10.6 Å². The fraction of sp³-hybridized carbons (Fsp3) is 0.721. The lowest BCUT2D eigenvalue weighted by Gasteiger charge is -2.38. The SMILES string of the molecule is CC(C)C(CC(=O)NCCCc1ccccc1)OC(=O)C1CCCN1C(=O)C1CCCN1C(=O)C(C(C)C)N(C)C(=O)C(NC(=O)C(C(C)C)N(C)C)C(C)C. The zero-order valence-corrected chi connectivity index (χ0v) is 35.9. The Morgan fingerprint density at radius 2 is 1.36 bits per heavy atom. The van der Waals surface area contributed by atoms with E-state index in [1.807, 2.05) is 92.6 Å². The van der Waals surface area contributed by atoms with Crippen LogP contribution in [0.15, 0.2) is 30.3 Å². The van der Waals surface area contributed by atoms with Gasteiger partial charge in [-0.05, 0) is 81.9 Å². The monoisotopic (exact) mass is 783 g/mol. The molecule has 3 rings (SSSR count). The van der Waals surface area contributed by atoms with Gasteiger partial charge in [0, 0.05) is 26.7 Å². The highest BCUT2D eigenvalue weighted by atomic mass is 16.5. The summed E-state index contributed by atoms with van der Waals surface area (Å²) in [5, 5.41) is 5.91. The molecular weight excluding hydrogens is 713 g/mol. The van der Waals surface area contributed by atoms with Crippen LogP contribution in [0.4, 0.5) is 0 Å². The smallest absolute Gasteiger partial charge is 0.329 e. The summed E-state index contributed by atoms with van der Waals surface area (Å²) in [4.78, 5) is 89.0. The molecule has 0 radical (unpaired) electrons. The van der Waals surface area contributed by atoms with E-state index in [1.54, 1.807) is 16.8 Å². The van der Waals surface area contributed by atoms with E-state index in [0.29, 0.717) is 45.3 Å². The second-order valence-electron chi connectivity index (χ2n) is 17.3. The van der Waals surface area contributed by atoms with E-state index >= 15 is 0 Å². The molecule has 2 aliphatic heterocycles. The predicted octanol–water partition coefficient (Wildman–Crippen LogP) is 3.89. The fourth-order valence-electron chi connectivity index (χ4n) is 8.13. The molecule has 13 nitrogen and oxygen atoms in total. The quantitative estimate of drug-likeness (QED) is 0.159. The Balaban J connectivity index is 1.68. The van der Waals surface area contributed by atoms with E-state index in [0.717, 1.165) is 12.8 Å². The van der Waals surface area contributed by atoms with Crippen LogP contribution in [0.5, 0.6) is 0 Å². The molecule has 2 aliphatic rings. The van der Waals surface area contributed by atoms with Crippen molar-refractivity contribution in [2.75, 3.05) is 40.8 Å². The van der Waals surface area contributed by atoms with Gasteiger partial charge in [-0.3, -0.25) is 28.9 Å². The summed E-state index contributed by atoms with van der Waals surface area (Å²) in [7, 11) is 5.25. The highest BCUT2D eigenvalue weighted by Gasteiger charge is 2.46. The van der Waals surface area contributed by atoms with Crippen LogP contribution in [-0.2, 0) is 39.9 Å². The number of aryl methyl sites for hydroxylation is 1. The number of rotatable bonds is 19. The number of benzene rings is 1. The first kappa shape index (κ1) is 46.4. The van der Waals surface area contributed by atoms with Gasteiger partial charge in [-0.15, -0.1) is 0 Å². The average molecular weight is 783 g/mol. The molecule has 1 aromatic rings. The number of hydrogen-bond donors (Lipinski definition) is 2. The number of likely N-dealkylation sites (tertiary alicyclic amines) is 2. The Labute approximate surface area is 335 Å². The first-order valence-electron chi connectivity index (χ1n) is 20.7. The maximum absolute atomic E-state index is 14.4. The number of carbonyl (C=O) groups is 6. The maximum atomic E-state index is 14.4. The van der Waals surface area contributed by atoms with E-state index in [2.05, 4.69) is 22.8 Å². The van der Waals surface area contributed by atoms with Crippen LogP contribution in [0.3, 0.4) is 0 Å². The third-order valence-corrected chi connectivity index (χ3v) is 11.2. The highest BCUT2D eigenvalue weighted by Crippen LogP contribution is 2.29. The standard InChI is InChI=1S/C43H70N6O7/c1-27(2)34(26-35(50)44-23-15-20-31-18-13-12-14-19-31)56-43(55)33-22-17-25-49(33)40(52)32-21-16-24-48(32)42(54)38(30(7)8)47(11)41(53)36(28(3)4)45-39(51)37(29(5)6)46(9)10/h12-14,18-19,27-30,32-34,36-38H,15-17,20-26H2,1-11H3,(H,44,50)(H,45,51). The van der Waals surface area contributed by atoms with Crippen molar-refractivity contribution in [1.82, 2.24) is 30.2 Å². The lowest BCUT2D eigenvalue weighted by Crippen LogP contribution is -2.61. The van der Waals surface area contributed by atoms with Crippen LogP contribution in [0.25, 0.3) is 0 Å². The second kappa shape index (κ2) is 21.5. The minimum Gasteiger partial charge on any atom is -0.460 e. The molecule has 0 aliphatic carbocycles. The molecule has 6 atom stereocenters. The fourth-order valence-corrected chi connectivity index (χ4v) is 8.13. The lowest BCUT2D eigenvalue weighted by molar-refractivity contribution is -0.162. The Morgan fingerprint density at radius 3 is 1.91 bits per heavy atom.